The molecule has 0 aromatic heterocycles. The molecule has 0 heterocycles. The van der Waals surface area contributed by atoms with Gasteiger partial charge in [-0.05, 0) is 38.5 Å². The number of phenolic OH excluding ortho intramolecular Hbond substituents is 1. The third-order valence-corrected chi connectivity index (χ3v) is 5.20. The number of hydrogen-bond donors (Lipinski definition) is 2. The van der Waals surface area contributed by atoms with Crippen molar-refractivity contribution in [2.24, 2.45) is 0 Å². The second-order valence-corrected chi connectivity index (χ2v) is 7.98. The number of aromatic hydroxyl groups is 1. The average molecular weight is 439 g/mol. The number of hydrogen-bond acceptors (Lipinski definition) is 5. The van der Waals surface area contributed by atoms with Gasteiger partial charge in [-0.15, -0.1) is 0 Å². The fourth-order valence-corrected chi connectivity index (χ4v) is 3.64. The summed E-state index contributed by atoms with van der Waals surface area (Å²) in [5.74, 6) is 0.482. The molecule has 1 rings (SSSR count). The van der Waals surface area contributed by atoms with Crippen LogP contribution in [0.3, 0.4) is 0 Å². The van der Waals surface area contributed by atoms with Crippen LogP contribution in [-0.2, 0) is 12.8 Å². The summed E-state index contributed by atoms with van der Waals surface area (Å²) in [6.07, 6.45) is 10.0. The van der Waals surface area contributed by atoms with Crippen LogP contribution in [0.1, 0.15) is 103 Å². The fourth-order valence-electron chi connectivity index (χ4n) is 3.64. The molecule has 0 atom stereocenters. The van der Waals surface area contributed by atoms with Gasteiger partial charge in [0.05, 0.1) is 13.2 Å². The average Bonchev–Trinajstić information content (AvgIpc) is 2.75. The van der Waals surface area contributed by atoms with Crippen molar-refractivity contribution in [2.45, 2.75) is 105 Å². The lowest BCUT2D eigenvalue weighted by Gasteiger charge is -2.23. The van der Waals surface area contributed by atoms with E-state index in [1.165, 1.54) is 0 Å². The molecular weight excluding hydrogens is 396 g/mol. The maximum Gasteiger partial charge on any atom is 0.511 e. The Morgan fingerprint density at radius 2 is 1.16 bits per heavy atom. The maximum atomic E-state index is 11.4. The van der Waals surface area contributed by atoms with Crippen LogP contribution in [0.25, 0.3) is 0 Å². The quantitative estimate of drug-likeness (QED) is 0.151. The SMILES string of the molecule is CCCCCCc1c(CCCCCC)c(OCCC)c(OCCC)c(O)c1OC(=O)O. The predicted octanol–water partition coefficient (Wildman–Crippen LogP) is 7.27. The number of benzene rings is 1. The van der Waals surface area contributed by atoms with Gasteiger partial charge in [-0.2, -0.15) is 0 Å². The van der Waals surface area contributed by atoms with E-state index in [9.17, 15) is 15.0 Å². The highest BCUT2D eigenvalue weighted by Gasteiger charge is 2.28. The zero-order valence-corrected chi connectivity index (χ0v) is 19.9. The van der Waals surface area contributed by atoms with Crippen molar-refractivity contribution >= 4 is 6.16 Å². The lowest BCUT2D eigenvalue weighted by atomic mass is 9.93. The normalized spacial score (nSPS) is 10.8. The largest absolute Gasteiger partial charge is 0.511 e. The first-order valence-corrected chi connectivity index (χ1v) is 12.1. The van der Waals surface area contributed by atoms with Crippen LogP contribution in [0.15, 0.2) is 0 Å². The van der Waals surface area contributed by atoms with Crippen LogP contribution in [0.5, 0.6) is 23.0 Å². The molecule has 178 valence electrons. The molecule has 0 bridgehead atoms. The number of unbranched alkanes of at least 4 members (excludes halogenated alkanes) is 6. The van der Waals surface area contributed by atoms with E-state index in [0.717, 1.165) is 81.8 Å². The summed E-state index contributed by atoms with van der Waals surface area (Å²) >= 11 is 0. The molecule has 0 fully saturated rings. The van der Waals surface area contributed by atoms with Crippen molar-refractivity contribution in [2.75, 3.05) is 13.2 Å². The summed E-state index contributed by atoms with van der Waals surface area (Å²) in [6, 6.07) is 0. The van der Waals surface area contributed by atoms with Crippen molar-refractivity contribution in [3.63, 3.8) is 0 Å². The molecule has 0 unspecified atom stereocenters. The number of rotatable bonds is 17. The van der Waals surface area contributed by atoms with Crippen molar-refractivity contribution in [1.29, 1.82) is 0 Å². The van der Waals surface area contributed by atoms with Crippen molar-refractivity contribution < 1.29 is 29.2 Å². The Labute approximate surface area is 187 Å². The monoisotopic (exact) mass is 438 g/mol. The van der Waals surface area contributed by atoms with Crippen molar-refractivity contribution in [3.05, 3.63) is 11.1 Å². The van der Waals surface area contributed by atoms with Gasteiger partial charge in [0, 0.05) is 11.1 Å². The molecule has 0 aliphatic carbocycles. The van der Waals surface area contributed by atoms with E-state index in [1.807, 2.05) is 13.8 Å². The van der Waals surface area contributed by atoms with E-state index in [2.05, 4.69) is 13.8 Å². The maximum absolute atomic E-state index is 11.4. The molecule has 0 radical (unpaired) electrons. The van der Waals surface area contributed by atoms with Crippen LogP contribution in [0.2, 0.25) is 0 Å². The molecule has 0 aliphatic heterocycles. The first-order chi connectivity index (χ1) is 15.0. The third kappa shape index (κ3) is 8.88. The summed E-state index contributed by atoms with van der Waals surface area (Å²) in [6.45, 7) is 9.23. The van der Waals surface area contributed by atoms with Crippen LogP contribution in [-0.4, -0.2) is 29.6 Å². The predicted molar refractivity (Wildman–Crippen MR) is 124 cm³/mol. The highest BCUT2D eigenvalue weighted by molar-refractivity contribution is 5.71. The van der Waals surface area contributed by atoms with Crippen LogP contribution in [0.4, 0.5) is 4.79 Å². The molecule has 0 amide bonds. The first kappa shape index (κ1) is 26.9. The van der Waals surface area contributed by atoms with E-state index in [0.29, 0.717) is 25.4 Å². The van der Waals surface area contributed by atoms with E-state index in [1.54, 1.807) is 0 Å². The Bertz CT molecular complexity index is 656. The minimum atomic E-state index is -1.44. The van der Waals surface area contributed by atoms with Crippen LogP contribution < -0.4 is 14.2 Å². The van der Waals surface area contributed by atoms with Gasteiger partial charge in [0.15, 0.2) is 11.5 Å². The van der Waals surface area contributed by atoms with E-state index >= 15 is 0 Å². The lowest BCUT2D eigenvalue weighted by Crippen LogP contribution is -2.12. The molecule has 1 aromatic rings. The molecule has 1 aromatic carbocycles. The number of ether oxygens (including phenoxy) is 3. The number of carboxylic acid groups (broad SMARTS) is 1. The van der Waals surface area contributed by atoms with E-state index < -0.39 is 6.16 Å². The van der Waals surface area contributed by atoms with Gasteiger partial charge >= 0.3 is 6.16 Å². The lowest BCUT2D eigenvalue weighted by molar-refractivity contribution is 0.141. The Morgan fingerprint density at radius 1 is 0.677 bits per heavy atom. The van der Waals surface area contributed by atoms with E-state index in [-0.39, 0.29) is 17.2 Å². The van der Waals surface area contributed by atoms with Gasteiger partial charge in [0.2, 0.25) is 11.5 Å². The standard InChI is InChI=1S/C25H42O6/c1-5-9-11-13-15-19-20(16-14-12-10-6-2)23(29-17-7-3)24(30-18-8-4)21(26)22(19)31-25(27)28/h26H,5-18H2,1-4H3,(H,27,28). The molecule has 2 N–H and O–H groups in total. The van der Waals surface area contributed by atoms with Gasteiger partial charge in [-0.1, -0.05) is 66.2 Å². The molecule has 0 saturated carbocycles. The molecule has 6 heteroatoms. The molecular formula is C25H42O6. The summed E-state index contributed by atoms with van der Waals surface area (Å²) in [7, 11) is 0. The fraction of sp³-hybridized carbons (Fsp3) is 0.720. The summed E-state index contributed by atoms with van der Waals surface area (Å²) in [5, 5.41) is 20.3. The molecule has 6 nitrogen and oxygen atoms in total. The second kappa shape index (κ2) is 15.7. The van der Waals surface area contributed by atoms with E-state index in [4.69, 9.17) is 14.2 Å². The molecule has 0 aliphatic rings. The Hall–Kier alpha value is -2.11. The van der Waals surface area contributed by atoms with Gasteiger partial charge in [0.25, 0.3) is 0 Å². The van der Waals surface area contributed by atoms with Gasteiger partial charge in [0.1, 0.15) is 0 Å². The zero-order chi connectivity index (χ0) is 23.1. The summed E-state index contributed by atoms with van der Waals surface area (Å²) in [4.78, 5) is 11.4. The van der Waals surface area contributed by atoms with Gasteiger partial charge in [-0.3, -0.25) is 0 Å². The molecule has 31 heavy (non-hydrogen) atoms. The highest BCUT2D eigenvalue weighted by Crippen LogP contribution is 2.50. The van der Waals surface area contributed by atoms with Crippen LogP contribution >= 0.6 is 0 Å². The minimum absolute atomic E-state index is 0.00411. The number of phenols is 1. The molecule has 0 spiro atoms. The Morgan fingerprint density at radius 3 is 1.61 bits per heavy atom. The third-order valence-electron chi connectivity index (χ3n) is 5.20. The molecule has 0 saturated heterocycles. The Kier molecular flexibility index (Phi) is 13.6. The smallest absolute Gasteiger partial charge is 0.502 e. The van der Waals surface area contributed by atoms with Gasteiger partial charge < -0.3 is 24.4 Å². The minimum Gasteiger partial charge on any atom is -0.502 e. The zero-order valence-electron chi connectivity index (χ0n) is 19.9. The summed E-state index contributed by atoms with van der Waals surface area (Å²) < 4.78 is 17.1. The first-order valence-electron chi connectivity index (χ1n) is 12.1. The van der Waals surface area contributed by atoms with Crippen LogP contribution in [0, 0.1) is 0 Å². The topological polar surface area (TPSA) is 85.2 Å². The highest BCUT2D eigenvalue weighted by atomic mass is 16.7. The van der Waals surface area contributed by atoms with Crippen molar-refractivity contribution in [1.82, 2.24) is 0 Å². The van der Waals surface area contributed by atoms with Gasteiger partial charge in [-0.25, -0.2) is 4.79 Å². The summed E-state index contributed by atoms with van der Waals surface area (Å²) in [5.41, 5.74) is 1.66. The van der Waals surface area contributed by atoms with Crippen molar-refractivity contribution in [3.8, 4) is 23.0 Å². The Balaban J connectivity index is 3.53. The number of carbonyl (C=O) groups is 1. The second-order valence-electron chi connectivity index (χ2n) is 7.98.